The maximum absolute atomic E-state index is 12.7. The summed E-state index contributed by atoms with van der Waals surface area (Å²) >= 11 is 0. The Hall–Kier alpha value is -1.20. The predicted molar refractivity (Wildman–Crippen MR) is 118 cm³/mol. The quantitative estimate of drug-likeness (QED) is 0.309. The molecule has 0 spiro atoms. The molecular weight excluding hydrogens is 380 g/mol. The molecule has 5 heteroatoms. The molecule has 5 nitrogen and oxygen atoms in total. The summed E-state index contributed by atoms with van der Waals surface area (Å²) in [7, 11) is 0. The highest BCUT2D eigenvalue weighted by Gasteiger charge is 2.42. The van der Waals surface area contributed by atoms with Gasteiger partial charge in [0.05, 0.1) is 18.6 Å². The SMILES string of the molecule is CCCCC[C@H](O)/C=C/[C@H]1C(O)CC(=O)C1CC(=O)O[C@@H]1C[C@H](C)CCC1C(C)C. The zero-order valence-corrected chi connectivity index (χ0v) is 19.3. The molecule has 2 rings (SSSR count). The van der Waals surface area contributed by atoms with Crippen molar-refractivity contribution in [3.05, 3.63) is 12.2 Å². The molecule has 2 fully saturated rings. The zero-order chi connectivity index (χ0) is 22.3. The van der Waals surface area contributed by atoms with Crippen molar-refractivity contribution >= 4 is 11.8 Å². The minimum Gasteiger partial charge on any atom is -0.462 e. The van der Waals surface area contributed by atoms with Gasteiger partial charge in [-0.1, -0.05) is 65.5 Å². The highest BCUT2D eigenvalue weighted by molar-refractivity contribution is 5.88. The first-order valence-electron chi connectivity index (χ1n) is 12.0. The summed E-state index contributed by atoms with van der Waals surface area (Å²) in [6, 6.07) is 0. The number of esters is 1. The Balaban J connectivity index is 1.96. The Labute approximate surface area is 182 Å². The van der Waals surface area contributed by atoms with Crippen LogP contribution in [-0.4, -0.2) is 40.3 Å². The zero-order valence-electron chi connectivity index (χ0n) is 19.3. The molecule has 0 radical (unpaired) electrons. The first-order chi connectivity index (χ1) is 14.2. The number of rotatable bonds is 10. The van der Waals surface area contributed by atoms with Gasteiger partial charge in [-0.3, -0.25) is 9.59 Å². The van der Waals surface area contributed by atoms with Crippen molar-refractivity contribution in [3.63, 3.8) is 0 Å². The van der Waals surface area contributed by atoms with Crippen molar-refractivity contribution in [1.82, 2.24) is 0 Å². The van der Waals surface area contributed by atoms with Crippen molar-refractivity contribution in [2.24, 2.45) is 29.6 Å². The highest BCUT2D eigenvalue weighted by Crippen LogP contribution is 2.37. The number of aliphatic hydroxyl groups excluding tert-OH is 2. The Morgan fingerprint density at radius 1 is 1.27 bits per heavy atom. The Morgan fingerprint density at radius 3 is 2.67 bits per heavy atom. The third-order valence-electron chi connectivity index (χ3n) is 7.02. The predicted octanol–water partition coefficient (Wildman–Crippen LogP) is 4.44. The molecule has 172 valence electrons. The minimum atomic E-state index is -0.799. The van der Waals surface area contributed by atoms with E-state index < -0.39 is 24.0 Å². The summed E-state index contributed by atoms with van der Waals surface area (Å²) in [6.07, 6.45) is 8.91. The van der Waals surface area contributed by atoms with Crippen LogP contribution in [0.25, 0.3) is 0 Å². The van der Waals surface area contributed by atoms with E-state index in [-0.39, 0.29) is 30.7 Å². The summed E-state index contributed by atoms with van der Waals surface area (Å²) < 4.78 is 5.87. The third kappa shape index (κ3) is 7.19. The average Bonchev–Trinajstić information content (AvgIpc) is 2.92. The van der Waals surface area contributed by atoms with Crippen LogP contribution in [0.3, 0.4) is 0 Å². The van der Waals surface area contributed by atoms with Crippen LogP contribution in [0.15, 0.2) is 12.2 Å². The highest BCUT2D eigenvalue weighted by atomic mass is 16.5. The Bertz CT molecular complexity index is 584. The number of carbonyl (C=O) groups is 2. The molecule has 0 aromatic carbocycles. The molecule has 30 heavy (non-hydrogen) atoms. The molecule has 0 aromatic heterocycles. The number of ether oxygens (including phenoxy) is 1. The van der Waals surface area contributed by atoms with E-state index in [1.165, 1.54) is 0 Å². The van der Waals surface area contributed by atoms with Crippen LogP contribution in [0.1, 0.15) is 85.5 Å². The molecule has 0 saturated heterocycles. The lowest BCUT2D eigenvalue weighted by atomic mass is 9.75. The molecule has 0 heterocycles. The largest absolute Gasteiger partial charge is 0.462 e. The lowest BCUT2D eigenvalue weighted by molar-refractivity contribution is -0.158. The summed E-state index contributed by atoms with van der Waals surface area (Å²) in [5, 5.41) is 20.5. The van der Waals surface area contributed by atoms with E-state index in [1.807, 2.05) is 0 Å². The van der Waals surface area contributed by atoms with Crippen molar-refractivity contribution in [2.45, 2.75) is 104 Å². The van der Waals surface area contributed by atoms with Crippen LogP contribution in [-0.2, 0) is 14.3 Å². The number of aliphatic hydroxyl groups is 2. The van der Waals surface area contributed by atoms with Crippen LogP contribution in [0.4, 0.5) is 0 Å². The van der Waals surface area contributed by atoms with E-state index >= 15 is 0 Å². The van der Waals surface area contributed by atoms with Gasteiger partial charge in [0.1, 0.15) is 11.9 Å². The number of hydrogen-bond donors (Lipinski definition) is 2. The molecule has 2 N–H and O–H groups in total. The van der Waals surface area contributed by atoms with Gasteiger partial charge in [-0.05, 0) is 37.0 Å². The second kappa shape index (κ2) is 12.0. The first-order valence-corrected chi connectivity index (χ1v) is 12.0. The monoisotopic (exact) mass is 422 g/mol. The van der Waals surface area contributed by atoms with Gasteiger partial charge in [-0.2, -0.15) is 0 Å². The van der Waals surface area contributed by atoms with Crippen LogP contribution in [0, 0.1) is 29.6 Å². The molecule has 0 aromatic rings. The van der Waals surface area contributed by atoms with E-state index in [0.29, 0.717) is 24.2 Å². The molecule has 0 aliphatic heterocycles. The van der Waals surface area contributed by atoms with E-state index in [0.717, 1.165) is 38.5 Å². The number of carbonyl (C=O) groups excluding carboxylic acids is 2. The van der Waals surface area contributed by atoms with Crippen molar-refractivity contribution in [3.8, 4) is 0 Å². The lowest BCUT2D eigenvalue weighted by Gasteiger charge is -2.36. The van der Waals surface area contributed by atoms with Gasteiger partial charge in [-0.25, -0.2) is 0 Å². The lowest BCUT2D eigenvalue weighted by Crippen LogP contribution is -2.36. The van der Waals surface area contributed by atoms with Crippen LogP contribution in [0.2, 0.25) is 0 Å². The van der Waals surface area contributed by atoms with Gasteiger partial charge in [0.2, 0.25) is 0 Å². The van der Waals surface area contributed by atoms with Gasteiger partial charge >= 0.3 is 5.97 Å². The molecule has 2 saturated carbocycles. The standard InChI is InChI=1S/C25H42O5/c1-5-6-7-8-18(26)10-12-20-21(23(28)15-22(20)27)14-25(29)30-24-13-17(4)9-11-19(24)16(2)3/h10,12,16-22,24,26-27H,5-9,11,13-15H2,1-4H3/b12-10+/t17-,18+,19?,20-,21?,22?,24-/m1/s1. The molecule has 7 atom stereocenters. The smallest absolute Gasteiger partial charge is 0.306 e. The number of Topliss-reactive ketones (excluding diaryl/α,β-unsaturated/α-hetero) is 1. The fourth-order valence-corrected chi connectivity index (χ4v) is 5.09. The maximum atomic E-state index is 12.7. The van der Waals surface area contributed by atoms with Gasteiger partial charge in [0.15, 0.2) is 0 Å². The van der Waals surface area contributed by atoms with Gasteiger partial charge in [0.25, 0.3) is 0 Å². The van der Waals surface area contributed by atoms with Gasteiger partial charge in [0, 0.05) is 18.3 Å². The molecular formula is C25H42O5. The second-order valence-corrected chi connectivity index (χ2v) is 9.93. The fraction of sp³-hybridized carbons (Fsp3) is 0.840. The van der Waals surface area contributed by atoms with Crippen LogP contribution < -0.4 is 0 Å². The molecule has 0 amide bonds. The summed E-state index contributed by atoms with van der Waals surface area (Å²) in [6.45, 7) is 8.65. The average molecular weight is 423 g/mol. The number of unbranched alkanes of at least 4 members (excludes halogenated alkanes) is 2. The van der Waals surface area contributed by atoms with E-state index in [1.54, 1.807) is 12.2 Å². The topological polar surface area (TPSA) is 83.8 Å². The van der Waals surface area contributed by atoms with Crippen molar-refractivity contribution < 1.29 is 24.5 Å². The maximum Gasteiger partial charge on any atom is 0.306 e. The Morgan fingerprint density at radius 2 is 2.00 bits per heavy atom. The van der Waals surface area contributed by atoms with Crippen molar-refractivity contribution in [2.75, 3.05) is 0 Å². The number of hydrogen-bond acceptors (Lipinski definition) is 5. The van der Waals surface area contributed by atoms with Gasteiger partial charge < -0.3 is 14.9 Å². The molecule has 2 aliphatic rings. The summed E-state index contributed by atoms with van der Waals surface area (Å²) in [4.78, 5) is 25.2. The minimum absolute atomic E-state index is 0.00647. The van der Waals surface area contributed by atoms with Crippen LogP contribution in [0.5, 0.6) is 0 Å². The first kappa shape index (κ1) is 25.1. The second-order valence-electron chi connectivity index (χ2n) is 9.93. The normalized spacial score (nSPS) is 33.4. The van der Waals surface area contributed by atoms with Gasteiger partial charge in [-0.15, -0.1) is 0 Å². The van der Waals surface area contributed by atoms with E-state index in [9.17, 15) is 19.8 Å². The van der Waals surface area contributed by atoms with E-state index in [4.69, 9.17) is 4.74 Å². The fourth-order valence-electron chi connectivity index (χ4n) is 5.09. The molecule has 3 unspecified atom stereocenters. The Kier molecular flexibility index (Phi) is 10.0. The van der Waals surface area contributed by atoms with Crippen molar-refractivity contribution in [1.29, 1.82) is 0 Å². The molecule has 0 bridgehead atoms. The number of ketones is 1. The molecule has 2 aliphatic carbocycles. The van der Waals surface area contributed by atoms with E-state index in [2.05, 4.69) is 27.7 Å². The summed E-state index contributed by atoms with van der Waals surface area (Å²) in [5.41, 5.74) is 0. The van der Waals surface area contributed by atoms with Crippen LogP contribution >= 0.6 is 0 Å². The third-order valence-corrected chi connectivity index (χ3v) is 7.02. The summed E-state index contributed by atoms with van der Waals surface area (Å²) in [5.74, 6) is -0.0695.